The number of carbonyl (C=O) groups excluding carboxylic acids is 1. The van der Waals surface area contributed by atoms with Crippen LogP contribution >= 0.6 is 23.2 Å². The molecule has 0 fully saturated rings. The molecule has 0 unspecified atom stereocenters. The highest BCUT2D eigenvalue weighted by Crippen LogP contribution is 2.33. The van der Waals surface area contributed by atoms with E-state index in [9.17, 15) is 4.79 Å². The minimum Gasteiger partial charge on any atom is -0.494 e. The van der Waals surface area contributed by atoms with E-state index in [0.29, 0.717) is 40.0 Å². The lowest BCUT2D eigenvalue weighted by atomic mass is 10.1. The highest BCUT2D eigenvalue weighted by atomic mass is 35.5. The number of halogens is 2. The van der Waals surface area contributed by atoms with E-state index in [4.69, 9.17) is 32.4 Å². The fourth-order valence-corrected chi connectivity index (χ4v) is 3.71. The third-order valence-corrected chi connectivity index (χ3v) is 5.29. The summed E-state index contributed by atoms with van der Waals surface area (Å²) in [5, 5.41) is 5.29. The Balaban J connectivity index is 1.68. The van der Waals surface area contributed by atoms with Crippen molar-refractivity contribution in [3.63, 3.8) is 0 Å². The van der Waals surface area contributed by atoms with Crippen LogP contribution in [-0.2, 0) is 6.54 Å². The summed E-state index contributed by atoms with van der Waals surface area (Å²) in [6.45, 7) is 2.90. The summed E-state index contributed by atoms with van der Waals surface area (Å²) in [7, 11) is 0. The van der Waals surface area contributed by atoms with E-state index in [2.05, 4.69) is 5.32 Å². The van der Waals surface area contributed by atoms with Gasteiger partial charge in [0.2, 0.25) is 5.78 Å². The van der Waals surface area contributed by atoms with Gasteiger partial charge in [0.05, 0.1) is 12.3 Å². The van der Waals surface area contributed by atoms with E-state index < -0.39 is 0 Å². The summed E-state index contributed by atoms with van der Waals surface area (Å²) < 4.78 is 11.4. The number of ether oxygens (including phenoxy) is 1. The van der Waals surface area contributed by atoms with E-state index in [1.807, 2.05) is 37.3 Å². The zero-order valence-corrected chi connectivity index (χ0v) is 17.8. The number of anilines is 1. The van der Waals surface area contributed by atoms with Crippen molar-refractivity contribution in [3.8, 4) is 5.75 Å². The van der Waals surface area contributed by atoms with Gasteiger partial charge >= 0.3 is 0 Å². The van der Waals surface area contributed by atoms with Gasteiger partial charge in [-0.3, -0.25) is 4.79 Å². The van der Waals surface area contributed by atoms with Crippen molar-refractivity contribution in [1.29, 1.82) is 0 Å². The van der Waals surface area contributed by atoms with Gasteiger partial charge in [-0.05, 0) is 61.0 Å². The Morgan fingerprint density at radius 1 is 1.03 bits per heavy atom. The van der Waals surface area contributed by atoms with E-state index in [1.54, 1.807) is 36.4 Å². The van der Waals surface area contributed by atoms with Gasteiger partial charge in [0.25, 0.3) is 0 Å². The Morgan fingerprint density at radius 3 is 2.53 bits per heavy atom. The van der Waals surface area contributed by atoms with Gasteiger partial charge in [0, 0.05) is 27.5 Å². The van der Waals surface area contributed by atoms with Crippen molar-refractivity contribution in [2.75, 3.05) is 11.9 Å². The predicted octanol–water partition coefficient (Wildman–Crippen LogP) is 6.98. The molecule has 30 heavy (non-hydrogen) atoms. The zero-order chi connectivity index (χ0) is 21.1. The minimum absolute atomic E-state index is 0.209. The molecule has 6 heteroatoms. The van der Waals surface area contributed by atoms with Crippen molar-refractivity contribution < 1.29 is 13.9 Å². The standard InChI is InChI=1S/C24H19Cl2NO3/c1-2-29-18-11-8-15(9-12-18)23(28)24-22(19-5-3-4-6-21(19)30-24)27-14-16-7-10-17(25)13-20(16)26/h3-13,27H,2,14H2,1H3. The molecule has 4 rings (SSSR count). The van der Waals surface area contributed by atoms with Crippen molar-refractivity contribution in [3.05, 3.63) is 93.7 Å². The number of ketones is 1. The molecule has 3 aromatic carbocycles. The lowest BCUT2D eigenvalue weighted by molar-refractivity contribution is 0.101. The Hall–Kier alpha value is -2.95. The summed E-state index contributed by atoms with van der Waals surface area (Å²) >= 11 is 12.3. The topological polar surface area (TPSA) is 51.5 Å². The molecule has 0 saturated carbocycles. The highest BCUT2D eigenvalue weighted by molar-refractivity contribution is 6.35. The number of para-hydroxylation sites is 1. The first-order valence-corrected chi connectivity index (χ1v) is 10.3. The first kappa shape index (κ1) is 20.3. The third kappa shape index (κ3) is 4.16. The van der Waals surface area contributed by atoms with Crippen LogP contribution in [0, 0.1) is 0 Å². The fraction of sp³-hybridized carbons (Fsp3) is 0.125. The summed E-state index contributed by atoms with van der Waals surface area (Å²) in [5.74, 6) is 0.763. The maximum Gasteiger partial charge on any atom is 0.230 e. The number of furan rings is 1. The second-order valence-electron chi connectivity index (χ2n) is 6.68. The normalized spacial score (nSPS) is 10.9. The van der Waals surface area contributed by atoms with E-state index in [0.717, 1.165) is 16.7 Å². The first-order valence-electron chi connectivity index (χ1n) is 9.53. The van der Waals surface area contributed by atoms with E-state index in [-0.39, 0.29) is 11.5 Å². The number of hydrogen-bond donors (Lipinski definition) is 1. The average molecular weight is 440 g/mol. The molecule has 1 heterocycles. The number of rotatable bonds is 7. The Bertz CT molecular complexity index is 1200. The number of nitrogens with one attached hydrogen (secondary N) is 1. The summed E-state index contributed by atoms with van der Waals surface area (Å²) in [5.41, 5.74) is 2.66. The molecule has 0 spiro atoms. The molecular weight excluding hydrogens is 421 g/mol. The molecule has 1 N–H and O–H groups in total. The monoisotopic (exact) mass is 439 g/mol. The lowest BCUT2D eigenvalue weighted by Crippen LogP contribution is -2.06. The third-order valence-electron chi connectivity index (χ3n) is 4.70. The quantitative estimate of drug-likeness (QED) is 0.315. The van der Waals surface area contributed by atoms with E-state index in [1.165, 1.54) is 0 Å². The number of hydrogen-bond acceptors (Lipinski definition) is 4. The van der Waals surface area contributed by atoms with Crippen LogP contribution in [0.5, 0.6) is 5.75 Å². The smallest absolute Gasteiger partial charge is 0.230 e. The number of carbonyl (C=O) groups is 1. The zero-order valence-electron chi connectivity index (χ0n) is 16.2. The maximum atomic E-state index is 13.2. The second kappa shape index (κ2) is 8.82. The second-order valence-corrected chi connectivity index (χ2v) is 7.52. The molecule has 0 aliphatic rings. The summed E-state index contributed by atoms with van der Waals surface area (Å²) in [4.78, 5) is 13.2. The number of fused-ring (bicyclic) bond motifs is 1. The molecule has 0 aliphatic heterocycles. The fourth-order valence-electron chi connectivity index (χ4n) is 3.23. The SMILES string of the molecule is CCOc1ccc(C(=O)c2oc3ccccc3c2NCc2ccc(Cl)cc2Cl)cc1. The van der Waals surface area contributed by atoms with Gasteiger partial charge in [-0.15, -0.1) is 0 Å². The molecule has 0 bridgehead atoms. The van der Waals surface area contributed by atoms with Gasteiger partial charge in [-0.25, -0.2) is 0 Å². The Kier molecular flexibility index (Phi) is 5.98. The van der Waals surface area contributed by atoms with Crippen molar-refractivity contribution in [2.45, 2.75) is 13.5 Å². The molecule has 0 saturated heterocycles. The molecule has 0 atom stereocenters. The molecular formula is C24H19Cl2NO3. The molecule has 4 nitrogen and oxygen atoms in total. The summed E-state index contributed by atoms with van der Waals surface area (Å²) in [6.07, 6.45) is 0. The highest BCUT2D eigenvalue weighted by Gasteiger charge is 2.22. The Labute approximate surface area is 184 Å². The molecule has 152 valence electrons. The van der Waals surface area contributed by atoms with Gasteiger partial charge in [-0.2, -0.15) is 0 Å². The van der Waals surface area contributed by atoms with Gasteiger partial charge in [0.1, 0.15) is 11.3 Å². The first-order chi connectivity index (χ1) is 14.6. The molecule has 4 aromatic rings. The van der Waals surface area contributed by atoms with Crippen LogP contribution in [0.2, 0.25) is 10.0 Å². The van der Waals surface area contributed by atoms with Crippen LogP contribution in [0.15, 0.2) is 71.1 Å². The van der Waals surface area contributed by atoms with Crippen LogP contribution in [0.1, 0.15) is 28.6 Å². The van der Waals surface area contributed by atoms with Crippen LogP contribution in [0.25, 0.3) is 11.0 Å². The molecule has 0 aliphatic carbocycles. The summed E-state index contributed by atoms with van der Waals surface area (Å²) in [6, 6.07) is 19.9. The van der Waals surface area contributed by atoms with Crippen LogP contribution < -0.4 is 10.1 Å². The van der Waals surface area contributed by atoms with Gasteiger partial charge in [-0.1, -0.05) is 41.4 Å². The lowest BCUT2D eigenvalue weighted by Gasteiger charge is -2.09. The molecule has 0 radical (unpaired) electrons. The van der Waals surface area contributed by atoms with Gasteiger partial charge in [0.15, 0.2) is 5.76 Å². The van der Waals surface area contributed by atoms with Crippen molar-refractivity contribution in [2.24, 2.45) is 0 Å². The van der Waals surface area contributed by atoms with Crippen LogP contribution in [-0.4, -0.2) is 12.4 Å². The maximum absolute atomic E-state index is 13.2. The molecule has 0 amide bonds. The largest absolute Gasteiger partial charge is 0.494 e. The van der Waals surface area contributed by atoms with Gasteiger partial charge < -0.3 is 14.5 Å². The number of benzene rings is 3. The van der Waals surface area contributed by atoms with E-state index >= 15 is 0 Å². The van der Waals surface area contributed by atoms with Crippen LogP contribution in [0.4, 0.5) is 5.69 Å². The van der Waals surface area contributed by atoms with Crippen molar-refractivity contribution >= 4 is 45.6 Å². The predicted molar refractivity (Wildman–Crippen MR) is 121 cm³/mol. The van der Waals surface area contributed by atoms with Crippen molar-refractivity contribution in [1.82, 2.24) is 0 Å². The Morgan fingerprint density at radius 2 is 1.80 bits per heavy atom. The average Bonchev–Trinajstić information content (AvgIpc) is 3.12. The molecule has 1 aromatic heterocycles. The van der Waals surface area contributed by atoms with Crippen LogP contribution in [0.3, 0.4) is 0 Å². The minimum atomic E-state index is -0.209.